The Morgan fingerprint density at radius 3 is 0.553 bits per heavy atom. The molecule has 0 amide bonds. The largest absolute Gasteiger partial charge is 3.00 e. The topological polar surface area (TPSA) is 386 Å². The van der Waals surface area contributed by atoms with Crippen molar-refractivity contribution in [3.05, 3.63) is 0 Å². The maximum atomic E-state index is 9.63. The van der Waals surface area contributed by atoms with Crippen molar-refractivity contribution in [3.63, 3.8) is 0 Å². The number of aliphatic hydroxyl groups is 6. The molecule has 214 valence electrons. The number of hydrogen-bond acceptors (Lipinski definition) is 20. The van der Waals surface area contributed by atoms with Gasteiger partial charge in [-0.15, -0.1) is 0 Å². The quantitative estimate of drug-likeness (QED) is 0.101. The van der Waals surface area contributed by atoms with E-state index in [9.17, 15) is 59.4 Å². The summed E-state index contributed by atoms with van der Waals surface area (Å²) in [7, 11) is 0. The second-order valence-corrected chi connectivity index (χ2v) is 6.08. The number of aliphatic carboxylic acids is 6. The van der Waals surface area contributed by atoms with Crippen molar-refractivity contribution in [2.24, 2.45) is 0 Å². The summed E-state index contributed by atoms with van der Waals surface area (Å²) in [6.45, 7) is 4.56. The molecule has 1 fully saturated rings. The van der Waals surface area contributed by atoms with Crippen molar-refractivity contribution in [1.29, 1.82) is 0 Å². The van der Waals surface area contributed by atoms with Crippen LogP contribution >= 0.6 is 0 Å². The van der Waals surface area contributed by atoms with Crippen LogP contribution in [0.5, 0.6) is 0 Å². The van der Waals surface area contributed by atoms with Crippen LogP contribution in [-0.2, 0) is 28.8 Å². The third-order valence-corrected chi connectivity index (χ3v) is 3.30. The van der Waals surface area contributed by atoms with Crippen LogP contribution in [0, 0.1) is 0 Å². The van der Waals surface area contributed by atoms with E-state index in [0.29, 0.717) is 0 Å². The molecule has 0 saturated carbocycles. The van der Waals surface area contributed by atoms with E-state index in [4.69, 9.17) is 30.6 Å². The average Bonchev–Trinajstić information content (AvgIpc) is 2.82. The predicted molar refractivity (Wildman–Crippen MR) is 103 cm³/mol. The monoisotopic (exact) mass is 772 g/mol. The minimum atomic E-state index is -2.44. The summed E-state index contributed by atoms with van der Waals surface area (Å²) in [5.74, 6) is -12.4. The second kappa shape index (κ2) is 25.4. The van der Waals surface area contributed by atoms with Gasteiger partial charge in [0.15, 0.2) is 0 Å². The van der Waals surface area contributed by atoms with Gasteiger partial charge in [-0.05, 0) is 0 Å². The number of carbonyl (C=O) groups is 6. The summed E-state index contributed by atoms with van der Waals surface area (Å²) in [6, 6.07) is 0. The van der Waals surface area contributed by atoms with Crippen molar-refractivity contribution in [1.82, 2.24) is 10.6 Å². The van der Waals surface area contributed by atoms with E-state index in [2.05, 4.69) is 10.6 Å². The standard InChI is InChI=1S/C4H10N2.3C4H6O6.2Sb/c1-2-6-4-3-5-1;3*5-1(3(7)8)2(6)4(9)10;;/h5-6H,1-4H2;3*1-2,5-6H,(H,7,8)(H,9,10);;/q;;;;2*+3/p-6. The van der Waals surface area contributed by atoms with E-state index in [1.807, 2.05) is 0 Å². The van der Waals surface area contributed by atoms with Gasteiger partial charge in [-0.25, -0.2) is 0 Å². The number of nitrogens with one attached hydrogen (secondary N) is 2. The SMILES string of the molecule is C1CNCCN1.O=C([O-])C(O)C(O)C(=O)[O-].O=C([O-])C(O)C(O)C(=O)[O-].O=C([O-])C(O)C(O)C(=O)[O-].[Sb+3].[Sb+3]. The van der Waals surface area contributed by atoms with Gasteiger partial charge >= 0.3 is 48.9 Å². The van der Waals surface area contributed by atoms with Crippen molar-refractivity contribution < 1.29 is 90.0 Å². The van der Waals surface area contributed by atoms with Crippen LogP contribution in [0.1, 0.15) is 0 Å². The summed E-state index contributed by atoms with van der Waals surface area (Å²) in [5.41, 5.74) is 0. The van der Waals surface area contributed by atoms with Gasteiger partial charge in [-0.2, -0.15) is 0 Å². The number of aliphatic hydroxyl groups excluding tert-OH is 6. The maximum absolute atomic E-state index is 9.63. The molecule has 1 aliphatic heterocycles. The average molecular weight is 774 g/mol. The molecule has 0 aliphatic carbocycles. The van der Waals surface area contributed by atoms with E-state index in [0.717, 1.165) is 26.2 Å². The molecule has 4 radical (unpaired) electrons. The van der Waals surface area contributed by atoms with Gasteiger partial charge in [0.05, 0.1) is 35.8 Å². The molecule has 38 heavy (non-hydrogen) atoms. The number of rotatable bonds is 9. The molecule has 0 aromatic heterocycles. The van der Waals surface area contributed by atoms with Crippen molar-refractivity contribution in [2.75, 3.05) is 26.2 Å². The predicted octanol–water partition coefficient (Wildman–Crippen LogP) is -16.0. The molecule has 1 aliphatic rings. The van der Waals surface area contributed by atoms with E-state index in [-0.39, 0.29) is 48.9 Å². The molecule has 0 aromatic rings. The summed E-state index contributed by atoms with van der Waals surface area (Å²) in [6.07, 6.45) is -14.6. The Kier molecular flexibility index (Phi) is 30.8. The van der Waals surface area contributed by atoms with Gasteiger partial charge in [0, 0.05) is 26.2 Å². The molecule has 0 spiro atoms. The van der Waals surface area contributed by atoms with Crippen LogP contribution in [0.4, 0.5) is 0 Å². The molecule has 6 unspecified atom stereocenters. The summed E-state index contributed by atoms with van der Waals surface area (Å²) in [5, 5.41) is 114. The van der Waals surface area contributed by atoms with Crippen LogP contribution in [0.2, 0.25) is 0 Å². The van der Waals surface area contributed by atoms with Crippen LogP contribution in [0.15, 0.2) is 0 Å². The molecular weight excluding hydrogens is 752 g/mol. The summed E-state index contributed by atoms with van der Waals surface area (Å²) in [4.78, 5) is 57.8. The third-order valence-electron chi connectivity index (χ3n) is 3.30. The number of carbonyl (C=O) groups excluding carboxylic acids is 6. The van der Waals surface area contributed by atoms with Crippen molar-refractivity contribution >= 4 is 84.7 Å². The smallest absolute Gasteiger partial charge is 0.547 e. The number of hydrogen-bond donors (Lipinski definition) is 8. The first-order valence-electron chi connectivity index (χ1n) is 9.14. The van der Waals surface area contributed by atoms with Gasteiger partial charge in [0.25, 0.3) is 0 Å². The van der Waals surface area contributed by atoms with Crippen LogP contribution in [0.25, 0.3) is 0 Å². The molecule has 1 rings (SSSR count). The molecule has 1 saturated heterocycles. The van der Waals surface area contributed by atoms with Crippen LogP contribution in [-0.4, -0.2) is 178 Å². The molecular formula is C16H22N2O18Sb2. The first-order chi connectivity index (χ1) is 16.4. The normalized spacial score (nSPS) is 16.3. The molecule has 20 nitrogen and oxygen atoms in total. The number of piperazine rings is 1. The molecule has 0 bridgehead atoms. The Morgan fingerprint density at radius 1 is 0.395 bits per heavy atom. The zero-order valence-electron chi connectivity index (χ0n) is 18.8. The minimum absolute atomic E-state index is 0. The van der Waals surface area contributed by atoms with Crippen LogP contribution < -0.4 is 41.3 Å². The molecule has 6 atom stereocenters. The van der Waals surface area contributed by atoms with Gasteiger partial charge in [-0.1, -0.05) is 0 Å². The fourth-order valence-electron chi connectivity index (χ4n) is 1.38. The number of carboxylic acids is 6. The maximum Gasteiger partial charge on any atom is 3.00 e. The Labute approximate surface area is 247 Å². The van der Waals surface area contributed by atoms with Crippen molar-refractivity contribution in [2.45, 2.75) is 36.6 Å². The van der Waals surface area contributed by atoms with E-state index in [1.165, 1.54) is 0 Å². The zero-order chi connectivity index (χ0) is 29.2. The molecule has 22 heteroatoms. The fraction of sp³-hybridized carbons (Fsp3) is 0.625. The van der Waals surface area contributed by atoms with Gasteiger partial charge in [-0.3, -0.25) is 0 Å². The van der Waals surface area contributed by atoms with Gasteiger partial charge in [0.1, 0.15) is 36.6 Å². The second-order valence-electron chi connectivity index (χ2n) is 6.08. The first-order valence-corrected chi connectivity index (χ1v) is 9.14. The first kappa shape index (κ1) is 46.0. The minimum Gasteiger partial charge on any atom is -0.547 e. The summed E-state index contributed by atoms with van der Waals surface area (Å²) >= 11 is 0. The Bertz CT molecular complexity index is 586. The van der Waals surface area contributed by atoms with E-state index < -0.39 is 72.4 Å². The Balaban J connectivity index is -0.000000127. The van der Waals surface area contributed by atoms with Crippen molar-refractivity contribution in [3.8, 4) is 0 Å². The van der Waals surface area contributed by atoms with Gasteiger partial charge in [0.2, 0.25) is 0 Å². The third kappa shape index (κ3) is 23.3. The molecule has 0 aromatic carbocycles. The van der Waals surface area contributed by atoms with E-state index in [1.54, 1.807) is 0 Å². The Hall–Kier alpha value is -1.86. The zero-order valence-corrected chi connectivity index (χ0v) is 23.9. The number of carboxylic acid groups (broad SMARTS) is 6. The van der Waals surface area contributed by atoms with Gasteiger partial charge < -0.3 is 101 Å². The van der Waals surface area contributed by atoms with E-state index >= 15 is 0 Å². The Morgan fingerprint density at radius 2 is 0.500 bits per heavy atom. The molecule has 8 N–H and O–H groups in total. The fourth-order valence-corrected chi connectivity index (χ4v) is 1.38. The summed E-state index contributed by atoms with van der Waals surface area (Å²) < 4.78 is 0. The van der Waals surface area contributed by atoms with Crippen LogP contribution in [0.3, 0.4) is 0 Å². The molecule has 1 heterocycles.